The fraction of sp³-hybridized carbons (Fsp3) is 0.357. The Kier molecular flexibility index (Phi) is 3.20. The predicted molar refractivity (Wildman–Crippen MR) is 68.3 cm³/mol. The topological polar surface area (TPSA) is 22.0 Å². The summed E-state index contributed by atoms with van der Waals surface area (Å²) in [6.45, 7) is 5.41. The van der Waals surface area contributed by atoms with Crippen molar-refractivity contribution in [1.82, 2.24) is 4.57 Å². The second-order valence-corrected chi connectivity index (χ2v) is 4.61. The summed E-state index contributed by atoms with van der Waals surface area (Å²) in [6.07, 6.45) is -2.74. The number of benzene rings is 1. The first-order valence-electron chi connectivity index (χ1n) is 5.87. The van der Waals surface area contributed by atoms with Gasteiger partial charge in [-0.1, -0.05) is 12.1 Å². The molecule has 0 amide bonds. The first-order valence-corrected chi connectivity index (χ1v) is 5.87. The lowest BCUT2D eigenvalue weighted by atomic mass is 10.1. The van der Waals surface area contributed by atoms with Crippen molar-refractivity contribution < 1.29 is 8.78 Å². The number of hydrogen-bond acceptors (Lipinski definition) is 1. The quantitative estimate of drug-likeness (QED) is 0.795. The normalized spacial score (nSPS) is 11.7. The zero-order valence-electron chi connectivity index (χ0n) is 10.6. The van der Waals surface area contributed by atoms with E-state index in [1.807, 2.05) is 19.9 Å². The van der Waals surface area contributed by atoms with Gasteiger partial charge in [0.15, 0.2) is 5.43 Å². The molecule has 1 aromatic heterocycles. The Hall–Kier alpha value is -1.71. The zero-order chi connectivity index (χ0) is 13.4. The maximum atomic E-state index is 13.0. The Morgan fingerprint density at radius 1 is 1.17 bits per heavy atom. The molecule has 4 heteroatoms. The maximum absolute atomic E-state index is 13.0. The van der Waals surface area contributed by atoms with Gasteiger partial charge in [-0.3, -0.25) is 4.79 Å². The number of hydrogen-bond donors (Lipinski definition) is 0. The first kappa shape index (κ1) is 12.7. The lowest BCUT2D eigenvalue weighted by molar-refractivity contribution is 0.148. The monoisotopic (exact) mass is 251 g/mol. The van der Waals surface area contributed by atoms with Crippen molar-refractivity contribution in [3.8, 4) is 0 Å². The SMILES string of the molecule is Cc1c(C(F)F)c(=O)c2ccccc2n1C(C)C. The number of fused-ring (bicyclic) bond motifs is 1. The average Bonchev–Trinajstić information content (AvgIpc) is 2.28. The second-order valence-electron chi connectivity index (χ2n) is 4.61. The fourth-order valence-electron chi connectivity index (χ4n) is 2.42. The Balaban J connectivity index is 3.02. The van der Waals surface area contributed by atoms with Gasteiger partial charge in [-0.25, -0.2) is 8.78 Å². The highest BCUT2D eigenvalue weighted by Crippen LogP contribution is 2.26. The number of pyridine rings is 1. The van der Waals surface area contributed by atoms with E-state index in [2.05, 4.69) is 0 Å². The molecular formula is C14H15F2NO. The van der Waals surface area contributed by atoms with E-state index in [4.69, 9.17) is 0 Å². The van der Waals surface area contributed by atoms with Crippen molar-refractivity contribution in [3.63, 3.8) is 0 Å². The van der Waals surface area contributed by atoms with Gasteiger partial charge in [-0.15, -0.1) is 0 Å². The van der Waals surface area contributed by atoms with Crippen LogP contribution in [0.15, 0.2) is 29.1 Å². The molecule has 0 fully saturated rings. The van der Waals surface area contributed by atoms with E-state index in [0.717, 1.165) is 0 Å². The Labute approximate surface area is 104 Å². The molecule has 2 aromatic rings. The predicted octanol–water partition coefficient (Wildman–Crippen LogP) is 3.83. The third-order valence-corrected chi connectivity index (χ3v) is 3.14. The second kappa shape index (κ2) is 4.52. The van der Waals surface area contributed by atoms with E-state index < -0.39 is 11.9 Å². The number of rotatable bonds is 2. The van der Waals surface area contributed by atoms with Crippen LogP contribution in [0.5, 0.6) is 0 Å². The molecule has 2 nitrogen and oxygen atoms in total. The van der Waals surface area contributed by atoms with Gasteiger partial charge in [-0.2, -0.15) is 0 Å². The van der Waals surface area contributed by atoms with Crippen molar-refractivity contribution in [1.29, 1.82) is 0 Å². The molecule has 0 saturated heterocycles. The van der Waals surface area contributed by atoms with Crippen LogP contribution in [0.2, 0.25) is 0 Å². The summed E-state index contributed by atoms with van der Waals surface area (Å²) in [5.74, 6) is 0. The third-order valence-electron chi connectivity index (χ3n) is 3.14. The number of nitrogens with zero attached hydrogens (tertiary/aromatic N) is 1. The van der Waals surface area contributed by atoms with E-state index in [0.29, 0.717) is 16.6 Å². The molecule has 0 unspecified atom stereocenters. The van der Waals surface area contributed by atoms with Crippen molar-refractivity contribution in [2.75, 3.05) is 0 Å². The van der Waals surface area contributed by atoms with Gasteiger partial charge in [0.2, 0.25) is 0 Å². The molecule has 0 N–H and O–H groups in total. The van der Waals surface area contributed by atoms with Gasteiger partial charge in [-0.05, 0) is 32.9 Å². The van der Waals surface area contributed by atoms with E-state index >= 15 is 0 Å². The minimum absolute atomic E-state index is 0.0213. The van der Waals surface area contributed by atoms with Crippen LogP contribution in [-0.2, 0) is 0 Å². The number of para-hydroxylation sites is 1. The van der Waals surface area contributed by atoms with Crippen LogP contribution in [0.4, 0.5) is 8.78 Å². The summed E-state index contributed by atoms with van der Waals surface area (Å²) in [5.41, 5.74) is 0.112. The van der Waals surface area contributed by atoms with Crippen LogP contribution >= 0.6 is 0 Å². The molecule has 0 bridgehead atoms. The largest absolute Gasteiger partial charge is 0.342 e. The van der Waals surface area contributed by atoms with Crippen molar-refractivity contribution >= 4 is 10.9 Å². The van der Waals surface area contributed by atoms with Gasteiger partial charge < -0.3 is 4.57 Å². The molecule has 2 rings (SSSR count). The Bertz CT molecular complexity index is 644. The molecule has 18 heavy (non-hydrogen) atoms. The minimum atomic E-state index is -2.74. The zero-order valence-corrected chi connectivity index (χ0v) is 10.6. The van der Waals surface area contributed by atoms with Crippen LogP contribution in [0.25, 0.3) is 10.9 Å². The highest BCUT2D eigenvalue weighted by Gasteiger charge is 2.21. The number of alkyl halides is 2. The summed E-state index contributed by atoms with van der Waals surface area (Å²) in [7, 11) is 0. The number of halogens is 2. The van der Waals surface area contributed by atoms with E-state index in [1.165, 1.54) is 0 Å². The average molecular weight is 251 g/mol. The third kappa shape index (κ3) is 1.82. The molecule has 0 aliphatic rings. The Morgan fingerprint density at radius 3 is 2.33 bits per heavy atom. The maximum Gasteiger partial charge on any atom is 0.269 e. The molecule has 96 valence electrons. The van der Waals surface area contributed by atoms with Gasteiger partial charge in [0, 0.05) is 17.1 Å². The van der Waals surface area contributed by atoms with E-state index in [9.17, 15) is 13.6 Å². The minimum Gasteiger partial charge on any atom is -0.342 e. The highest BCUT2D eigenvalue weighted by molar-refractivity contribution is 5.80. The van der Waals surface area contributed by atoms with Gasteiger partial charge in [0.1, 0.15) is 0 Å². The van der Waals surface area contributed by atoms with Gasteiger partial charge in [0.05, 0.1) is 11.1 Å². The summed E-state index contributed by atoms with van der Waals surface area (Å²) < 4.78 is 27.9. The van der Waals surface area contributed by atoms with Crippen LogP contribution < -0.4 is 5.43 Å². The lowest BCUT2D eigenvalue weighted by Crippen LogP contribution is -2.20. The van der Waals surface area contributed by atoms with Crippen molar-refractivity contribution in [2.24, 2.45) is 0 Å². The molecule has 0 spiro atoms. The van der Waals surface area contributed by atoms with Gasteiger partial charge in [0.25, 0.3) is 6.43 Å². The van der Waals surface area contributed by atoms with Crippen LogP contribution in [0.1, 0.15) is 37.6 Å². The van der Waals surface area contributed by atoms with Crippen molar-refractivity contribution in [2.45, 2.75) is 33.2 Å². The van der Waals surface area contributed by atoms with Crippen LogP contribution in [-0.4, -0.2) is 4.57 Å². The summed E-state index contributed by atoms with van der Waals surface area (Å²) in [4.78, 5) is 12.1. The van der Waals surface area contributed by atoms with E-state index in [1.54, 1.807) is 29.7 Å². The van der Waals surface area contributed by atoms with Crippen molar-refractivity contribution in [3.05, 3.63) is 45.7 Å². The lowest BCUT2D eigenvalue weighted by Gasteiger charge is -2.21. The Morgan fingerprint density at radius 2 is 1.78 bits per heavy atom. The highest BCUT2D eigenvalue weighted by atomic mass is 19.3. The van der Waals surface area contributed by atoms with E-state index in [-0.39, 0.29) is 11.6 Å². The number of aromatic nitrogens is 1. The summed E-state index contributed by atoms with van der Waals surface area (Å²) in [6, 6.07) is 6.91. The van der Waals surface area contributed by atoms with Gasteiger partial charge >= 0.3 is 0 Å². The molecule has 1 heterocycles. The molecular weight excluding hydrogens is 236 g/mol. The fourth-order valence-corrected chi connectivity index (χ4v) is 2.42. The molecule has 0 aliphatic carbocycles. The molecule has 0 aliphatic heterocycles. The summed E-state index contributed by atoms with van der Waals surface area (Å²) in [5, 5.41) is 0.354. The first-order chi connectivity index (χ1) is 8.45. The standard InChI is InChI=1S/C14H15F2NO/c1-8(2)17-9(3)12(14(15)16)13(18)10-6-4-5-7-11(10)17/h4-8,14H,1-3H3. The molecule has 1 aromatic carbocycles. The molecule has 0 atom stereocenters. The molecule has 0 saturated carbocycles. The van der Waals surface area contributed by atoms with Crippen LogP contribution in [0, 0.1) is 6.92 Å². The van der Waals surface area contributed by atoms with Crippen LogP contribution in [0.3, 0.4) is 0 Å². The smallest absolute Gasteiger partial charge is 0.269 e. The molecule has 0 radical (unpaired) electrons. The summed E-state index contributed by atoms with van der Waals surface area (Å²) >= 11 is 0.